The first-order valence-electron chi connectivity index (χ1n) is 7.75. The van der Waals surface area contributed by atoms with E-state index in [4.69, 9.17) is 0 Å². The number of hydrogen-bond donors (Lipinski definition) is 2. The molecule has 2 aromatic rings. The third kappa shape index (κ3) is 4.15. The molecular formula is C16H18FN5O2. The van der Waals surface area contributed by atoms with Crippen molar-refractivity contribution in [3.05, 3.63) is 41.3 Å². The van der Waals surface area contributed by atoms with Crippen molar-refractivity contribution in [1.82, 2.24) is 20.3 Å². The molecule has 24 heavy (non-hydrogen) atoms. The van der Waals surface area contributed by atoms with Crippen LogP contribution in [0.25, 0.3) is 0 Å². The van der Waals surface area contributed by atoms with Crippen LogP contribution >= 0.6 is 0 Å². The van der Waals surface area contributed by atoms with E-state index in [1.807, 2.05) is 0 Å². The number of amides is 2. The number of rotatable bonds is 6. The minimum Gasteiger partial charge on any atom is -0.352 e. The molecule has 1 saturated carbocycles. The standard InChI is InChI=1S/C16H18FN5O2/c1-10(23)18-7-13-5-4-12(6-14(13)17)16(24)20-15-8-19-22(21-15)9-11-2-3-11/h4-6,8,11H,2-3,7,9H2,1H3,(H,18,23)(H,20,21,24). The molecule has 0 saturated heterocycles. The molecule has 1 fully saturated rings. The number of benzene rings is 1. The SMILES string of the molecule is CC(=O)NCc1ccc(C(=O)Nc2cnn(CC3CC3)n2)cc1F. The third-order valence-corrected chi connectivity index (χ3v) is 3.74. The lowest BCUT2D eigenvalue weighted by molar-refractivity contribution is -0.119. The minimum absolute atomic E-state index is 0.0819. The quantitative estimate of drug-likeness (QED) is 0.843. The molecule has 1 aliphatic rings. The molecule has 1 aliphatic carbocycles. The zero-order valence-electron chi connectivity index (χ0n) is 13.3. The number of carbonyl (C=O) groups is 2. The fraction of sp³-hybridized carbons (Fsp3) is 0.375. The first kappa shape index (κ1) is 16.1. The van der Waals surface area contributed by atoms with Gasteiger partial charge in [0.05, 0.1) is 12.7 Å². The van der Waals surface area contributed by atoms with E-state index in [-0.39, 0.29) is 18.0 Å². The van der Waals surface area contributed by atoms with Crippen molar-refractivity contribution in [1.29, 1.82) is 0 Å². The van der Waals surface area contributed by atoms with Crippen molar-refractivity contribution in [3.63, 3.8) is 0 Å². The molecule has 0 spiro atoms. The van der Waals surface area contributed by atoms with Crippen molar-refractivity contribution >= 4 is 17.6 Å². The smallest absolute Gasteiger partial charge is 0.257 e. The molecule has 0 atom stereocenters. The molecule has 8 heteroatoms. The van der Waals surface area contributed by atoms with Crippen LogP contribution in [0.3, 0.4) is 0 Å². The van der Waals surface area contributed by atoms with E-state index in [0.717, 1.165) is 12.6 Å². The molecule has 1 aromatic heterocycles. The maximum atomic E-state index is 14.0. The Kier molecular flexibility index (Phi) is 4.54. The lowest BCUT2D eigenvalue weighted by Gasteiger charge is -2.06. The van der Waals surface area contributed by atoms with Gasteiger partial charge in [0.2, 0.25) is 5.91 Å². The lowest BCUT2D eigenvalue weighted by atomic mass is 10.1. The highest BCUT2D eigenvalue weighted by Crippen LogP contribution is 2.30. The number of aromatic nitrogens is 3. The van der Waals surface area contributed by atoms with E-state index < -0.39 is 11.7 Å². The van der Waals surface area contributed by atoms with Crippen molar-refractivity contribution in [2.45, 2.75) is 32.9 Å². The predicted molar refractivity (Wildman–Crippen MR) is 84.6 cm³/mol. The molecule has 2 N–H and O–H groups in total. The molecule has 0 radical (unpaired) electrons. The van der Waals surface area contributed by atoms with Crippen molar-refractivity contribution in [2.24, 2.45) is 5.92 Å². The second-order valence-corrected chi connectivity index (χ2v) is 5.90. The Morgan fingerprint density at radius 3 is 2.83 bits per heavy atom. The van der Waals surface area contributed by atoms with Crippen molar-refractivity contribution in [3.8, 4) is 0 Å². The summed E-state index contributed by atoms with van der Waals surface area (Å²) in [6.07, 6.45) is 3.85. The van der Waals surface area contributed by atoms with Crippen LogP contribution in [0.4, 0.5) is 10.2 Å². The van der Waals surface area contributed by atoms with Gasteiger partial charge in [-0.25, -0.2) is 4.39 Å². The number of anilines is 1. The summed E-state index contributed by atoms with van der Waals surface area (Å²) in [5.41, 5.74) is 0.493. The van der Waals surface area contributed by atoms with E-state index in [1.165, 1.54) is 38.1 Å². The minimum atomic E-state index is -0.547. The largest absolute Gasteiger partial charge is 0.352 e. The first-order chi connectivity index (χ1) is 11.5. The molecule has 0 unspecified atom stereocenters. The van der Waals surface area contributed by atoms with Crippen LogP contribution < -0.4 is 10.6 Å². The third-order valence-electron chi connectivity index (χ3n) is 3.74. The maximum Gasteiger partial charge on any atom is 0.257 e. The second-order valence-electron chi connectivity index (χ2n) is 5.90. The number of halogens is 1. The fourth-order valence-corrected chi connectivity index (χ4v) is 2.21. The number of hydrogen-bond acceptors (Lipinski definition) is 4. The van der Waals surface area contributed by atoms with Gasteiger partial charge in [0, 0.05) is 24.6 Å². The molecule has 1 heterocycles. The van der Waals surface area contributed by atoms with Crippen LogP contribution in [-0.4, -0.2) is 26.8 Å². The van der Waals surface area contributed by atoms with Crippen molar-refractivity contribution in [2.75, 3.05) is 5.32 Å². The second kappa shape index (κ2) is 6.77. The zero-order chi connectivity index (χ0) is 17.1. The van der Waals surface area contributed by atoms with Gasteiger partial charge in [-0.15, -0.1) is 5.10 Å². The van der Waals surface area contributed by atoms with E-state index in [1.54, 1.807) is 4.80 Å². The summed E-state index contributed by atoms with van der Waals surface area (Å²) in [4.78, 5) is 24.6. The van der Waals surface area contributed by atoms with Crippen LogP contribution in [0, 0.1) is 11.7 Å². The summed E-state index contributed by atoms with van der Waals surface area (Å²) < 4.78 is 14.0. The average molecular weight is 331 g/mol. The summed E-state index contributed by atoms with van der Waals surface area (Å²) in [7, 11) is 0. The van der Waals surface area contributed by atoms with Crippen LogP contribution in [0.2, 0.25) is 0 Å². The highest BCUT2D eigenvalue weighted by atomic mass is 19.1. The van der Waals surface area contributed by atoms with Gasteiger partial charge in [-0.1, -0.05) is 6.07 Å². The Hall–Kier alpha value is -2.77. The average Bonchev–Trinajstić information content (AvgIpc) is 3.24. The van der Waals surface area contributed by atoms with Gasteiger partial charge in [-0.3, -0.25) is 9.59 Å². The number of carbonyl (C=O) groups excluding carboxylic acids is 2. The number of nitrogens with zero attached hydrogens (tertiary/aromatic N) is 3. The highest BCUT2D eigenvalue weighted by Gasteiger charge is 2.22. The Morgan fingerprint density at radius 1 is 1.38 bits per heavy atom. The van der Waals surface area contributed by atoms with Gasteiger partial charge < -0.3 is 10.6 Å². The Bertz CT molecular complexity index is 770. The summed E-state index contributed by atoms with van der Waals surface area (Å²) in [5, 5.41) is 13.4. The van der Waals surface area contributed by atoms with Crippen LogP contribution in [0.5, 0.6) is 0 Å². The summed E-state index contributed by atoms with van der Waals surface area (Å²) in [5.74, 6) is -0.285. The van der Waals surface area contributed by atoms with E-state index >= 15 is 0 Å². The highest BCUT2D eigenvalue weighted by molar-refractivity contribution is 6.03. The molecule has 126 valence electrons. The van der Waals surface area contributed by atoms with Gasteiger partial charge in [-0.05, 0) is 30.9 Å². The van der Waals surface area contributed by atoms with Gasteiger partial charge in [-0.2, -0.15) is 9.90 Å². The van der Waals surface area contributed by atoms with Gasteiger partial charge in [0.25, 0.3) is 5.91 Å². The summed E-state index contributed by atoms with van der Waals surface area (Å²) in [6.45, 7) is 2.19. The normalized spacial score (nSPS) is 13.6. The van der Waals surface area contributed by atoms with Crippen LogP contribution in [0.15, 0.2) is 24.4 Å². The molecule has 0 aliphatic heterocycles. The monoisotopic (exact) mass is 331 g/mol. The van der Waals surface area contributed by atoms with E-state index in [0.29, 0.717) is 17.3 Å². The summed E-state index contributed by atoms with van der Waals surface area (Å²) in [6, 6.07) is 4.12. The van der Waals surface area contributed by atoms with Crippen LogP contribution in [-0.2, 0) is 17.9 Å². The van der Waals surface area contributed by atoms with Gasteiger partial charge >= 0.3 is 0 Å². The Balaban J connectivity index is 1.62. The Labute approximate surface area is 138 Å². The zero-order valence-corrected chi connectivity index (χ0v) is 13.3. The van der Waals surface area contributed by atoms with Gasteiger partial charge in [0.1, 0.15) is 5.82 Å². The molecule has 3 rings (SSSR count). The molecule has 7 nitrogen and oxygen atoms in total. The molecule has 0 bridgehead atoms. The molecule has 1 aromatic carbocycles. The van der Waals surface area contributed by atoms with Crippen LogP contribution in [0.1, 0.15) is 35.7 Å². The fourth-order valence-electron chi connectivity index (χ4n) is 2.21. The topological polar surface area (TPSA) is 88.9 Å². The maximum absolute atomic E-state index is 14.0. The van der Waals surface area contributed by atoms with E-state index in [9.17, 15) is 14.0 Å². The van der Waals surface area contributed by atoms with Crippen molar-refractivity contribution < 1.29 is 14.0 Å². The Morgan fingerprint density at radius 2 is 2.17 bits per heavy atom. The predicted octanol–water partition coefficient (Wildman–Crippen LogP) is 1.72. The van der Waals surface area contributed by atoms with Gasteiger partial charge in [0.15, 0.2) is 5.82 Å². The first-order valence-corrected chi connectivity index (χ1v) is 7.75. The summed E-state index contributed by atoms with van der Waals surface area (Å²) >= 11 is 0. The molecular weight excluding hydrogens is 313 g/mol. The van der Waals surface area contributed by atoms with E-state index in [2.05, 4.69) is 20.8 Å². The number of nitrogens with one attached hydrogen (secondary N) is 2. The molecule has 2 amide bonds. The lowest BCUT2D eigenvalue weighted by Crippen LogP contribution is -2.20.